The lowest BCUT2D eigenvalue weighted by Crippen LogP contribution is -2.00. The molecule has 0 saturated heterocycles. The zero-order chi connectivity index (χ0) is 13.8. The van der Waals surface area contributed by atoms with Gasteiger partial charge in [0.1, 0.15) is 17.4 Å². The fraction of sp³-hybridized carbons (Fsp3) is 0.286. The lowest BCUT2D eigenvalue weighted by Gasteiger charge is -2.04. The third kappa shape index (κ3) is 3.79. The molecule has 5 heteroatoms. The lowest BCUT2D eigenvalue weighted by atomic mass is 10.1. The summed E-state index contributed by atoms with van der Waals surface area (Å²) in [6.45, 7) is 4.46. The molecule has 0 unspecified atom stereocenters. The minimum Gasteiger partial charge on any atom is -0.486 e. The van der Waals surface area contributed by atoms with Crippen molar-refractivity contribution in [3.63, 3.8) is 0 Å². The molecule has 0 aliphatic heterocycles. The molecular formula is C14H15NO3S. The molecule has 0 amide bonds. The average Bonchev–Trinajstić information content (AvgIpc) is 2.67. The summed E-state index contributed by atoms with van der Waals surface area (Å²) in [4.78, 5) is 16.2. The van der Waals surface area contributed by atoms with E-state index in [-0.39, 0.29) is 6.42 Å². The Balaban J connectivity index is 1.94. The van der Waals surface area contributed by atoms with E-state index in [9.17, 15) is 4.79 Å². The number of hydrogen-bond donors (Lipinski definition) is 1. The average molecular weight is 277 g/mol. The quantitative estimate of drug-likeness (QED) is 0.912. The number of benzene rings is 1. The molecule has 1 heterocycles. The molecule has 4 nitrogen and oxygen atoms in total. The van der Waals surface area contributed by atoms with E-state index in [4.69, 9.17) is 9.84 Å². The number of rotatable bonds is 5. The van der Waals surface area contributed by atoms with Gasteiger partial charge in [-0.05, 0) is 31.5 Å². The number of thiazole rings is 1. The van der Waals surface area contributed by atoms with Crippen LogP contribution in [-0.2, 0) is 17.8 Å². The summed E-state index contributed by atoms with van der Waals surface area (Å²) in [5.41, 5.74) is 1.81. The van der Waals surface area contributed by atoms with E-state index in [1.165, 1.54) is 4.88 Å². The fourth-order valence-corrected chi connectivity index (χ4v) is 2.47. The van der Waals surface area contributed by atoms with E-state index in [2.05, 4.69) is 4.98 Å². The smallest absolute Gasteiger partial charge is 0.307 e. The van der Waals surface area contributed by atoms with Gasteiger partial charge in [0.25, 0.3) is 0 Å². The first-order chi connectivity index (χ1) is 9.04. The van der Waals surface area contributed by atoms with Gasteiger partial charge in [0.2, 0.25) is 0 Å². The van der Waals surface area contributed by atoms with Crippen LogP contribution in [0.15, 0.2) is 24.3 Å². The molecule has 2 rings (SSSR count). The minimum absolute atomic E-state index is 0.0329. The maximum absolute atomic E-state index is 10.6. The van der Waals surface area contributed by atoms with Crippen molar-refractivity contribution in [3.05, 3.63) is 45.4 Å². The van der Waals surface area contributed by atoms with E-state index in [1.807, 2.05) is 13.8 Å². The van der Waals surface area contributed by atoms with Gasteiger partial charge in [-0.1, -0.05) is 12.1 Å². The summed E-state index contributed by atoms with van der Waals surface area (Å²) < 4.78 is 5.62. The summed E-state index contributed by atoms with van der Waals surface area (Å²) in [5, 5.41) is 9.63. The molecule has 1 aromatic heterocycles. The minimum atomic E-state index is -0.831. The molecule has 0 radical (unpaired) electrons. The Morgan fingerprint density at radius 1 is 1.32 bits per heavy atom. The molecule has 0 spiro atoms. The van der Waals surface area contributed by atoms with Crippen LogP contribution in [0.2, 0.25) is 0 Å². The maximum atomic E-state index is 10.6. The highest BCUT2D eigenvalue weighted by atomic mass is 32.1. The monoisotopic (exact) mass is 277 g/mol. The van der Waals surface area contributed by atoms with E-state index in [0.29, 0.717) is 6.61 Å². The molecular weight excluding hydrogens is 262 g/mol. The van der Waals surface area contributed by atoms with Gasteiger partial charge in [0.15, 0.2) is 0 Å². The second kappa shape index (κ2) is 5.84. The summed E-state index contributed by atoms with van der Waals surface area (Å²) in [5.74, 6) is -0.109. The van der Waals surface area contributed by atoms with Gasteiger partial charge >= 0.3 is 5.97 Å². The van der Waals surface area contributed by atoms with Crippen LogP contribution in [0.3, 0.4) is 0 Å². The first kappa shape index (κ1) is 13.5. The lowest BCUT2D eigenvalue weighted by molar-refractivity contribution is -0.136. The topological polar surface area (TPSA) is 59.4 Å². The summed E-state index contributed by atoms with van der Waals surface area (Å²) >= 11 is 1.63. The van der Waals surface area contributed by atoms with Crippen molar-refractivity contribution >= 4 is 17.3 Å². The zero-order valence-corrected chi connectivity index (χ0v) is 11.7. The number of aliphatic carboxylic acids is 1. The molecule has 100 valence electrons. The van der Waals surface area contributed by atoms with Crippen molar-refractivity contribution in [2.75, 3.05) is 0 Å². The van der Waals surface area contributed by atoms with Crippen LogP contribution < -0.4 is 4.74 Å². The largest absolute Gasteiger partial charge is 0.486 e. The normalized spacial score (nSPS) is 10.4. The Bertz CT molecular complexity index is 555. The van der Waals surface area contributed by atoms with Gasteiger partial charge in [-0.2, -0.15) is 0 Å². The predicted octanol–water partition coefficient (Wildman–Crippen LogP) is 2.97. The molecule has 19 heavy (non-hydrogen) atoms. The first-order valence-corrected chi connectivity index (χ1v) is 6.72. The van der Waals surface area contributed by atoms with Crippen LogP contribution in [0.1, 0.15) is 21.1 Å². The first-order valence-electron chi connectivity index (χ1n) is 5.91. The van der Waals surface area contributed by atoms with Gasteiger partial charge in [-0.15, -0.1) is 11.3 Å². The number of hydrogen-bond acceptors (Lipinski definition) is 4. The van der Waals surface area contributed by atoms with E-state index < -0.39 is 5.97 Å². The standard InChI is InChI=1S/C14H15NO3S/c1-9-10(2)19-13(15-9)8-18-12-5-3-11(4-6-12)7-14(16)17/h3-6H,7-8H2,1-2H3,(H,16,17). The van der Waals surface area contributed by atoms with Crippen LogP contribution in [0.25, 0.3) is 0 Å². The highest BCUT2D eigenvalue weighted by Crippen LogP contribution is 2.19. The molecule has 2 aromatic rings. The zero-order valence-electron chi connectivity index (χ0n) is 10.8. The Morgan fingerprint density at radius 3 is 2.53 bits per heavy atom. The number of carboxylic acid groups (broad SMARTS) is 1. The van der Waals surface area contributed by atoms with Crippen LogP contribution >= 0.6 is 11.3 Å². The van der Waals surface area contributed by atoms with Crippen molar-refractivity contribution < 1.29 is 14.6 Å². The summed E-state index contributed by atoms with van der Waals surface area (Å²) in [7, 11) is 0. The highest BCUT2D eigenvalue weighted by Gasteiger charge is 2.05. The maximum Gasteiger partial charge on any atom is 0.307 e. The van der Waals surface area contributed by atoms with Gasteiger partial charge in [-0.3, -0.25) is 4.79 Å². The van der Waals surface area contributed by atoms with Gasteiger partial charge < -0.3 is 9.84 Å². The second-order valence-corrected chi connectivity index (χ2v) is 5.54. The number of aromatic nitrogens is 1. The van der Waals surface area contributed by atoms with E-state index in [0.717, 1.165) is 22.0 Å². The van der Waals surface area contributed by atoms with Crippen molar-refractivity contribution in [1.29, 1.82) is 0 Å². The number of ether oxygens (including phenoxy) is 1. The molecule has 1 N–H and O–H groups in total. The number of nitrogens with zero attached hydrogens (tertiary/aromatic N) is 1. The molecule has 0 atom stereocenters. The highest BCUT2D eigenvalue weighted by molar-refractivity contribution is 7.11. The van der Waals surface area contributed by atoms with Gasteiger partial charge in [0.05, 0.1) is 12.1 Å². The summed E-state index contributed by atoms with van der Waals surface area (Å²) in [6.07, 6.45) is 0.0329. The van der Waals surface area contributed by atoms with Gasteiger partial charge in [0, 0.05) is 4.88 Å². The SMILES string of the molecule is Cc1nc(COc2ccc(CC(=O)O)cc2)sc1C. The van der Waals surface area contributed by atoms with Crippen LogP contribution in [-0.4, -0.2) is 16.1 Å². The Morgan fingerprint density at radius 2 is 2.00 bits per heavy atom. The van der Waals surface area contributed by atoms with Crippen LogP contribution in [0.4, 0.5) is 0 Å². The van der Waals surface area contributed by atoms with Crippen LogP contribution in [0, 0.1) is 13.8 Å². The molecule has 0 aliphatic carbocycles. The third-order valence-corrected chi connectivity index (χ3v) is 3.76. The molecule has 0 aliphatic rings. The predicted molar refractivity (Wildman–Crippen MR) is 73.7 cm³/mol. The second-order valence-electron chi connectivity index (χ2n) is 4.25. The number of aryl methyl sites for hydroxylation is 2. The number of carbonyl (C=O) groups is 1. The van der Waals surface area contributed by atoms with E-state index in [1.54, 1.807) is 35.6 Å². The van der Waals surface area contributed by atoms with Crippen molar-refractivity contribution in [3.8, 4) is 5.75 Å². The molecule has 0 fully saturated rings. The van der Waals surface area contributed by atoms with Crippen molar-refractivity contribution in [2.24, 2.45) is 0 Å². The van der Waals surface area contributed by atoms with Crippen molar-refractivity contribution in [1.82, 2.24) is 4.98 Å². The molecule has 0 bridgehead atoms. The fourth-order valence-electron chi connectivity index (χ4n) is 1.62. The van der Waals surface area contributed by atoms with Crippen molar-refractivity contribution in [2.45, 2.75) is 26.9 Å². The van der Waals surface area contributed by atoms with Crippen LogP contribution in [0.5, 0.6) is 5.75 Å². The Hall–Kier alpha value is -1.88. The summed E-state index contributed by atoms with van der Waals surface area (Å²) in [6, 6.07) is 7.10. The molecule has 1 aromatic carbocycles. The van der Waals surface area contributed by atoms with Gasteiger partial charge in [-0.25, -0.2) is 4.98 Å². The molecule has 0 saturated carbocycles. The number of carboxylic acids is 1. The third-order valence-electron chi connectivity index (χ3n) is 2.71. The van der Waals surface area contributed by atoms with E-state index >= 15 is 0 Å². The Labute approximate surface area is 115 Å². The Kier molecular flexibility index (Phi) is 4.16.